The first-order valence-electron chi connectivity index (χ1n) is 3.87. The van der Waals surface area contributed by atoms with Crippen molar-refractivity contribution in [1.29, 1.82) is 0 Å². The second-order valence-electron chi connectivity index (χ2n) is 2.91. The second-order valence-corrected chi connectivity index (χ2v) is 2.91. The lowest BCUT2D eigenvalue weighted by Crippen LogP contribution is -2.21. The van der Waals surface area contributed by atoms with E-state index >= 15 is 0 Å². The van der Waals surface area contributed by atoms with Gasteiger partial charge in [-0.15, -0.1) is 0 Å². The van der Waals surface area contributed by atoms with Gasteiger partial charge in [-0.3, -0.25) is 0 Å². The molecule has 0 amide bonds. The van der Waals surface area contributed by atoms with Crippen molar-refractivity contribution in [3.63, 3.8) is 0 Å². The van der Waals surface area contributed by atoms with E-state index in [-0.39, 0.29) is 0 Å². The van der Waals surface area contributed by atoms with Crippen molar-refractivity contribution < 1.29 is 0 Å². The van der Waals surface area contributed by atoms with Crippen molar-refractivity contribution >= 4 is 7.98 Å². The van der Waals surface area contributed by atoms with Gasteiger partial charge in [0.2, 0.25) is 0 Å². The van der Waals surface area contributed by atoms with Gasteiger partial charge >= 0.3 is 0 Å². The van der Waals surface area contributed by atoms with Gasteiger partial charge < -0.3 is 5.23 Å². The number of hydrogen-bond donors (Lipinski definition) is 1. The number of nitrogens with one attached hydrogen (secondary N) is 1. The molecule has 0 spiro atoms. The monoisotopic (exact) mass is 123 g/mol. The molecule has 1 aliphatic rings. The number of hydrogen-bond acceptors (Lipinski definition) is 1. The predicted molar refractivity (Wildman–Crippen MR) is 40.3 cm³/mol. The van der Waals surface area contributed by atoms with E-state index in [9.17, 15) is 0 Å². The average Bonchev–Trinajstić information content (AvgIpc) is 1.91. The van der Waals surface area contributed by atoms with Crippen LogP contribution in [0.5, 0.6) is 0 Å². The van der Waals surface area contributed by atoms with Crippen molar-refractivity contribution in [1.82, 2.24) is 5.23 Å². The normalized spacial score (nSPS) is 22.2. The molecule has 0 aromatic rings. The minimum atomic E-state index is 0.865. The molecule has 0 aliphatic heterocycles. The summed E-state index contributed by atoms with van der Waals surface area (Å²) in [5.74, 6) is 0.865. The van der Waals surface area contributed by atoms with Gasteiger partial charge in [-0.25, -0.2) is 0 Å². The molecule has 0 atom stereocenters. The fraction of sp³-hybridized carbons (Fsp3) is 1.00. The Morgan fingerprint density at radius 2 is 1.89 bits per heavy atom. The minimum absolute atomic E-state index is 0.865. The molecular weight excluding hydrogens is 109 g/mol. The molecule has 50 valence electrons. The number of rotatable bonds is 2. The summed E-state index contributed by atoms with van der Waals surface area (Å²) in [6.07, 6.45) is 7.01. The smallest absolute Gasteiger partial charge is 0.177 e. The van der Waals surface area contributed by atoms with Crippen LogP contribution in [-0.2, 0) is 0 Å². The topological polar surface area (TPSA) is 12.0 Å². The fourth-order valence-corrected chi connectivity index (χ4v) is 1.56. The zero-order valence-corrected chi connectivity index (χ0v) is 5.90. The van der Waals surface area contributed by atoms with Gasteiger partial charge in [0.15, 0.2) is 7.98 Å². The first-order chi connectivity index (χ1) is 4.43. The lowest BCUT2D eigenvalue weighted by atomic mass is 9.89. The van der Waals surface area contributed by atoms with Gasteiger partial charge in [0.05, 0.1) is 0 Å². The van der Waals surface area contributed by atoms with Crippen LogP contribution in [0.1, 0.15) is 32.1 Å². The molecule has 9 heavy (non-hydrogen) atoms. The summed E-state index contributed by atoms with van der Waals surface area (Å²) in [4.78, 5) is 0. The molecule has 2 radical (unpaired) electrons. The summed E-state index contributed by atoms with van der Waals surface area (Å²) in [7, 11) is 5.21. The first kappa shape index (κ1) is 7.14. The standard InChI is InChI=1S/C7H14BN/c8-9-6-7-4-2-1-3-5-7/h7,9H,1-6H2. The molecule has 1 saturated carbocycles. The van der Waals surface area contributed by atoms with Crippen LogP contribution in [0.3, 0.4) is 0 Å². The van der Waals surface area contributed by atoms with E-state index in [2.05, 4.69) is 5.23 Å². The van der Waals surface area contributed by atoms with E-state index < -0.39 is 0 Å². The Morgan fingerprint density at radius 3 is 2.44 bits per heavy atom. The molecule has 0 unspecified atom stereocenters. The highest BCUT2D eigenvalue weighted by atomic mass is 14.7. The minimum Gasteiger partial charge on any atom is -0.366 e. The summed E-state index contributed by atoms with van der Waals surface area (Å²) >= 11 is 0. The van der Waals surface area contributed by atoms with E-state index in [4.69, 9.17) is 7.98 Å². The lowest BCUT2D eigenvalue weighted by Gasteiger charge is -2.20. The van der Waals surface area contributed by atoms with Crippen LogP contribution in [-0.4, -0.2) is 14.5 Å². The van der Waals surface area contributed by atoms with Gasteiger partial charge in [-0.1, -0.05) is 19.3 Å². The molecular formula is C7H14BN. The van der Waals surface area contributed by atoms with Gasteiger partial charge in [-0.2, -0.15) is 0 Å². The molecule has 0 bridgehead atoms. The van der Waals surface area contributed by atoms with Crippen LogP contribution in [0, 0.1) is 5.92 Å². The van der Waals surface area contributed by atoms with Crippen molar-refractivity contribution in [2.45, 2.75) is 32.1 Å². The van der Waals surface area contributed by atoms with E-state index in [1.165, 1.54) is 32.1 Å². The van der Waals surface area contributed by atoms with Crippen molar-refractivity contribution in [2.75, 3.05) is 6.54 Å². The molecule has 1 fully saturated rings. The summed E-state index contributed by atoms with van der Waals surface area (Å²) in [5, 5.41) is 2.74. The van der Waals surface area contributed by atoms with E-state index in [0.717, 1.165) is 12.5 Å². The van der Waals surface area contributed by atoms with Crippen LogP contribution >= 0.6 is 0 Å². The van der Waals surface area contributed by atoms with Crippen LogP contribution in [0.15, 0.2) is 0 Å². The van der Waals surface area contributed by atoms with Crippen LogP contribution in [0.2, 0.25) is 0 Å². The molecule has 2 heteroatoms. The molecule has 1 N–H and O–H groups in total. The van der Waals surface area contributed by atoms with E-state index in [1.54, 1.807) is 0 Å². The maximum Gasteiger partial charge on any atom is 0.177 e. The summed E-state index contributed by atoms with van der Waals surface area (Å²) in [6.45, 7) is 1.01. The van der Waals surface area contributed by atoms with Crippen molar-refractivity contribution in [3.8, 4) is 0 Å². The molecule has 1 nitrogen and oxygen atoms in total. The molecule has 0 aromatic heterocycles. The van der Waals surface area contributed by atoms with E-state index in [1.807, 2.05) is 0 Å². The highest BCUT2D eigenvalue weighted by molar-refractivity contribution is 6.04. The van der Waals surface area contributed by atoms with Crippen LogP contribution in [0.25, 0.3) is 0 Å². The Bertz CT molecular complexity index is 66.6. The Morgan fingerprint density at radius 1 is 1.22 bits per heavy atom. The molecule has 1 aliphatic carbocycles. The third-order valence-corrected chi connectivity index (χ3v) is 2.13. The zero-order chi connectivity index (χ0) is 6.53. The molecule has 0 heterocycles. The maximum atomic E-state index is 5.21. The Kier molecular flexibility index (Phi) is 3.12. The van der Waals surface area contributed by atoms with Crippen molar-refractivity contribution in [3.05, 3.63) is 0 Å². The third-order valence-electron chi connectivity index (χ3n) is 2.13. The van der Waals surface area contributed by atoms with Gasteiger partial charge in [0.1, 0.15) is 0 Å². The van der Waals surface area contributed by atoms with E-state index in [0.29, 0.717) is 0 Å². The Hall–Kier alpha value is 0.0249. The fourth-order valence-electron chi connectivity index (χ4n) is 1.56. The van der Waals surface area contributed by atoms with Gasteiger partial charge in [0.25, 0.3) is 0 Å². The molecule has 1 rings (SSSR count). The largest absolute Gasteiger partial charge is 0.366 e. The zero-order valence-electron chi connectivity index (χ0n) is 5.90. The van der Waals surface area contributed by atoms with Gasteiger partial charge in [0, 0.05) is 0 Å². The van der Waals surface area contributed by atoms with Crippen LogP contribution < -0.4 is 5.23 Å². The third kappa shape index (κ3) is 2.40. The second kappa shape index (κ2) is 3.94. The summed E-state index contributed by atoms with van der Waals surface area (Å²) < 4.78 is 0. The highest BCUT2D eigenvalue weighted by Gasteiger charge is 2.10. The Labute approximate surface area is 58.6 Å². The van der Waals surface area contributed by atoms with Gasteiger partial charge in [-0.05, 0) is 25.3 Å². The Balaban J connectivity index is 2.08. The maximum absolute atomic E-state index is 5.21. The van der Waals surface area contributed by atoms with Crippen LogP contribution in [0.4, 0.5) is 0 Å². The first-order valence-corrected chi connectivity index (χ1v) is 3.87. The lowest BCUT2D eigenvalue weighted by molar-refractivity contribution is 0.359. The average molecular weight is 123 g/mol. The van der Waals surface area contributed by atoms with Crippen molar-refractivity contribution in [2.24, 2.45) is 5.92 Å². The summed E-state index contributed by atoms with van der Waals surface area (Å²) in [5.41, 5.74) is 0. The predicted octanol–water partition coefficient (Wildman–Crippen LogP) is 1.24. The SMILES string of the molecule is [B]NCC1CCCCC1. The molecule has 0 saturated heterocycles. The quantitative estimate of drug-likeness (QED) is 0.544. The highest BCUT2D eigenvalue weighted by Crippen LogP contribution is 2.22. The molecule has 0 aromatic carbocycles. The summed E-state index contributed by atoms with van der Waals surface area (Å²) in [6, 6.07) is 0.